The first-order chi connectivity index (χ1) is 6.91. The Bertz CT molecular complexity index is 163. The fourth-order valence-corrected chi connectivity index (χ4v) is 0.992. The highest BCUT2D eigenvalue weighted by Crippen LogP contribution is 1.90. The van der Waals surface area contributed by atoms with Crippen molar-refractivity contribution in [3.63, 3.8) is 0 Å². The van der Waals surface area contributed by atoms with Crippen LogP contribution in [0.1, 0.15) is 25.7 Å². The van der Waals surface area contributed by atoms with Gasteiger partial charge in [0, 0.05) is 13.0 Å². The second-order valence-electron chi connectivity index (χ2n) is 3.05. The third kappa shape index (κ3) is 11.2. The molecule has 0 aromatic carbocycles. The van der Waals surface area contributed by atoms with Gasteiger partial charge in [-0.3, -0.25) is 0 Å². The van der Waals surface area contributed by atoms with Gasteiger partial charge in [0.15, 0.2) is 0 Å². The van der Waals surface area contributed by atoms with Crippen molar-refractivity contribution in [3.8, 4) is 6.07 Å². The predicted octanol–water partition coefficient (Wildman–Crippen LogP) is 1.86. The fraction of sp³-hybridized carbons (Fsp3) is 0.727. The minimum absolute atomic E-state index is 0.664. The van der Waals surface area contributed by atoms with Gasteiger partial charge in [-0.2, -0.15) is 5.26 Å². The highest BCUT2D eigenvalue weighted by molar-refractivity contribution is 4.68. The number of hydrogen-bond donors (Lipinski definition) is 1. The molecular weight excluding hydrogens is 176 g/mol. The van der Waals surface area contributed by atoms with Gasteiger partial charge in [0.1, 0.15) is 0 Å². The van der Waals surface area contributed by atoms with Crippen LogP contribution in [0.5, 0.6) is 0 Å². The molecule has 0 bridgehead atoms. The second kappa shape index (κ2) is 12.2. The quantitative estimate of drug-likeness (QED) is 0.428. The molecule has 0 aromatic rings. The molecule has 0 aliphatic carbocycles. The number of ether oxygens (including phenoxy) is 1. The van der Waals surface area contributed by atoms with E-state index in [-0.39, 0.29) is 0 Å². The maximum atomic E-state index is 8.29. The Kier molecular flexibility index (Phi) is 11.4. The van der Waals surface area contributed by atoms with Gasteiger partial charge in [0.25, 0.3) is 0 Å². The van der Waals surface area contributed by atoms with E-state index in [0.717, 1.165) is 45.6 Å². The zero-order valence-corrected chi connectivity index (χ0v) is 8.80. The number of nitriles is 1. The minimum Gasteiger partial charge on any atom is -0.380 e. The number of hydrogen-bond acceptors (Lipinski definition) is 3. The predicted molar refractivity (Wildman–Crippen MR) is 58.0 cm³/mol. The van der Waals surface area contributed by atoms with Crippen molar-refractivity contribution in [2.45, 2.75) is 25.7 Å². The molecule has 0 unspecified atom stereocenters. The molecular formula is C11H20N2O. The van der Waals surface area contributed by atoms with Crippen LogP contribution in [0.25, 0.3) is 0 Å². The van der Waals surface area contributed by atoms with Crippen LogP contribution in [-0.2, 0) is 4.74 Å². The summed E-state index contributed by atoms with van der Waals surface area (Å²) in [7, 11) is 0. The number of nitrogens with zero attached hydrogens (tertiary/aromatic N) is 1. The Balaban J connectivity index is 2.85. The maximum absolute atomic E-state index is 8.29. The van der Waals surface area contributed by atoms with Crippen LogP contribution >= 0.6 is 0 Å². The Labute approximate surface area is 86.8 Å². The number of unbranched alkanes of at least 4 members (excludes halogenated alkanes) is 2. The van der Waals surface area contributed by atoms with Gasteiger partial charge in [-0.25, -0.2) is 0 Å². The zero-order valence-electron chi connectivity index (χ0n) is 8.80. The van der Waals surface area contributed by atoms with Crippen LogP contribution in [0, 0.1) is 11.3 Å². The molecule has 0 aliphatic rings. The van der Waals surface area contributed by atoms with E-state index in [9.17, 15) is 0 Å². The van der Waals surface area contributed by atoms with Gasteiger partial charge < -0.3 is 10.1 Å². The summed E-state index contributed by atoms with van der Waals surface area (Å²) in [6.07, 6.45) is 5.50. The second-order valence-corrected chi connectivity index (χ2v) is 3.05. The van der Waals surface area contributed by atoms with Crippen molar-refractivity contribution >= 4 is 0 Å². The van der Waals surface area contributed by atoms with Crippen molar-refractivity contribution < 1.29 is 4.74 Å². The van der Waals surface area contributed by atoms with E-state index in [1.807, 2.05) is 6.08 Å². The summed E-state index contributed by atoms with van der Waals surface area (Å²) in [5, 5.41) is 11.6. The monoisotopic (exact) mass is 196 g/mol. The summed E-state index contributed by atoms with van der Waals surface area (Å²) >= 11 is 0. The molecule has 0 atom stereocenters. The summed E-state index contributed by atoms with van der Waals surface area (Å²) < 4.78 is 5.32. The van der Waals surface area contributed by atoms with Crippen molar-refractivity contribution in [3.05, 3.63) is 12.7 Å². The van der Waals surface area contributed by atoms with Gasteiger partial charge in [0.2, 0.25) is 0 Å². The Morgan fingerprint density at radius 1 is 1.29 bits per heavy atom. The summed E-state index contributed by atoms with van der Waals surface area (Å²) in [5.74, 6) is 0. The molecule has 3 nitrogen and oxygen atoms in total. The molecule has 0 spiro atoms. The van der Waals surface area contributed by atoms with E-state index in [2.05, 4.69) is 18.0 Å². The van der Waals surface area contributed by atoms with Gasteiger partial charge in [0.05, 0.1) is 19.3 Å². The highest BCUT2D eigenvalue weighted by Gasteiger charge is 1.89. The Morgan fingerprint density at radius 2 is 2.14 bits per heavy atom. The van der Waals surface area contributed by atoms with Gasteiger partial charge in [-0.05, 0) is 25.8 Å². The lowest BCUT2D eigenvalue weighted by Crippen LogP contribution is -2.20. The molecule has 0 aromatic heterocycles. The minimum atomic E-state index is 0.664. The molecule has 0 fully saturated rings. The van der Waals surface area contributed by atoms with Crippen LogP contribution in [0.2, 0.25) is 0 Å². The molecule has 0 amide bonds. The lowest BCUT2D eigenvalue weighted by molar-refractivity contribution is 0.140. The van der Waals surface area contributed by atoms with Crippen LogP contribution < -0.4 is 5.32 Å². The SMILES string of the molecule is C=CCCOCCNCCCCC#N. The standard InChI is InChI=1S/C11H20N2O/c1-2-3-10-14-11-9-13-8-6-4-5-7-12/h2,13H,1,3-6,8-11H2. The lowest BCUT2D eigenvalue weighted by atomic mass is 10.2. The summed E-state index contributed by atoms with van der Waals surface area (Å²) in [6, 6.07) is 2.13. The van der Waals surface area contributed by atoms with Gasteiger partial charge in [-0.15, -0.1) is 6.58 Å². The Morgan fingerprint density at radius 3 is 2.86 bits per heavy atom. The lowest BCUT2D eigenvalue weighted by Gasteiger charge is -2.04. The Hall–Kier alpha value is -0.850. The molecule has 80 valence electrons. The largest absolute Gasteiger partial charge is 0.380 e. The number of nitrogens with one attached hydrogen (secondary N) is 1. The molecule has 14 heavy (non-hydrogen) atoms. The first-order valence-electron chi connectivity index (χ1n) is 5.18. The molecule has 0 heterocycles. The fourth-order valence-electron chi connectivity index (χ4n) is 0.992. The topological polar surface area (TPSA) is 45.0 Å². The number of rotatable bonds is 10. The van der Waals surface area contributed by atoms with Crippen LogP contribution in [-0.4, -0.2) is 26.3 Å². The molecule has 1 N–H and O–H groups in total. The van der Waals surface area contributed by atoms with Crippen molar-refractivity contribution in [1.29, 1.82) is 5.26 Å². The van der Waals surface area contributed by atoms with E-state index in [4.69, 9.17) is 10.00 Å². The average Bonchev–Trinajstić information content (AvgIpc) is 2.21. The van der Waals surface area contributed by atoms with Crippen LogP contribution in [0.15, 0.2) is 12.7 Å². The normalized spacial score (nSPS) is 9.64. The van der Waals surface area contributed by atoms with Gasteiger partial charge >= 0.3 is 0 Å². The van der Waals surface area contributed by atoms with E-state index in [1.54, 1.807) is 0 Å². The third-order valence-electron chi connectivity index (χ3n) is 1.78. The molecule has 0 radical (unpaired) electrons. The zero-order chi connectivity index (χ0) is 10.5. The smallest absolute Gasteiger partial charge is 0.0621 e. The summed E-state index contributed by atoms with van der Waals surface area (Å²) in [5.41, 5.74) is 0. The molecule has 0 saturated carbocycles. The molecule has 0 aliphatic heterocycles. The molecule has 0 saturated heterocycles. The van der Waals surface area contributed by atoms with E-state index in [1.165, 1.54) is 0 Å². The summed E-state index contributed by atoms with van der Waals surface area (Å²) in [6.45, 7) is 7.01. The molecule has 0 rings (SSSR count). The molecule has 3 heteroatoms. The van der Waals surface area contributed by atoms with Crippen LogP contribution in [0.4, 0.5) is 0 Å². The maximum Gasteiger partial charge on any atom is 0.0621 e. The average molecular weight is 196 g/mol. The summed E-state index contributed by atoms with van der Waals surface area (Å²) in [4.78, 5) is 0. The highest BCUT2D eigenvalue weighted by atomic mass is 16.5. The van der Waals surface area contributed by atoms with Crippen LogP contribution in [0.3, 0.4) is 0 Å². The van der Waals surface area contributed by atoms with Crippen molar-refractivity contribution in [1.82, 2.24) is 5.32 Å². The first-order valence-corrected chi connectivity index (χ1v) is 5.18. The van der Waals surface area contributed by atoms with Crippen molar-refractivity contribution in [2.24, 2.45) is 0 Å². The third-order valence-corrected chi connectivity index (χ3v) is 1.78. The first kappa shape index (κ1) is 13.2. The van der Waals surface area contributed by atoms with E-state index in [0.29, 0.717) is 6.42 Å². The van der Waals surface area contributed by atoms with Crippen molar-refractivity contribution in [2.75, 3.05) is 26.3 Å². The van der Waals surface area contributed by atoms with E-state index >= 15 is 0 Å². The van der Waals surface area contributed by atoms with Gasteiger partial charge in [-0.1, -0.05) is 6.08 Å². The van der Waals surface area contributed by atoms with E-state index < -0.39 is 0 Å².